The number of hydrogen-bond donors (Lipinski definition) is 1. The number of nitrogens with zero attached hydrogens (tertiary/aromatic N) is 2. The largest absolute Gasteiger partial charge is 0.494 e. The van der Waals surface area contributed by atoms with Crippen molar-refractivity contribution in [3.63, 3.8) is 0 Å². The highest BCUT2D eigenvalue weighted by molar-refractivity contribution is 5.78. The topological polar surface area (TPSA) is 54.0 Å². The molecule has 0 radical (unpaired) electrons. The Balaban J connectivity index is 1.35. The highest BCUT2D eigenvalue weighted by Crippen LogP contribution is 2.21. The predicted molar refractivity (Wildman–Crippen MR) is 106 cm³/mol. The molecule has 0 aliphatic carbocycles. The highest BCUT2D eigenvalue weighted by atomic mass is 16.5. The SMILES string of the molecule is CCOc1cccc(CN2CCC(C(=O)NCCN3CCOCC3)CC2)c1. The van der Waals surface area contributed by atoms with Crippen molar-refractivity contribution >= 4 is 5.91 Å². The fourth-order valence-electron chi connectivity index (χ4n) is 3.82. The van der Waals surface area contributed by atoms with E-state index in [1.54, 1.807) is 0 Å². The van der Waals surface area contributed by atoms with Crippen molar-refractivity contribution in [1.29, 1.82) is 0 Å². The van der Waals surface area contributed by atoms with Crippen LogP contribution in [0.4, 0.5) is 0 Å². The molecule has 0 saturated carbocycles. The van der Waals surface area contributed by atoms with Gasteiger partial charge < -0.3 is 14.8 Å². The molecule has 1 amide bonds. The van der Waals surface area contributed by atoms with Gasteiger partial charge in [-0.25, -0.2) is 0 Å². The van der Waals surface area contributed by atoms with Gasteiger partial charge in [-0.3, -0.25) is 14.6 Å². The molecule has 2 fully saturated rings. The van der Waals surface area contributed by atoms with Crippen molar-refractivity contribution in [3.8, 4) is 5.75 Å². The lowest BCUT2D eigenvalue weighted by atomic mass is 9.95. The molecule has 6 heteroatoms. The van der Waals surface area contributed by atoms with Crippen LogP contribution >= 0.6 is 0 Å². The Kier molecular flexibility index (Phi) is 7.93. The molecule has 0 bridgehead atoms. The summed E-state index contributed by atoms with van der Waals surface area (Å²) in [4.78, 5) is 17.2. The summed E-state index contributed by atoms with van der Waals surface area (Å²) >= 11 is 0. The van der Waals surface area contributed by atoms with E-state index in [1.165, 1.54) is 5.56 Å². The summed E-state index contributed by atoms with van der Waals surface area (Å²) in [7, 11) is 0. The molecule has 2 heterocycles. The van der Waals surface area contributed by atoms with Gasteiger partial charge in [0.15, 0.2) is 0 Å². The van der Waals surface area contributed by atoms with Crippen molar-refractivity contribution in [2.75, 3.05) is 59.1 Å². The van der Waals surface area contributed by atoms with Crippen LogP contribution < -0.4 is 10.1 Å². The minimum absolute atomic E-state index is 0.153. The fraction of sp³-hybridized carbons (Fsp3) is 0.667. The number of ether oxygens (including phenoxy) is 2. The number of morpholine rings is 1. The lowest BCUT2D eigenvalue weighted by molar-refractivity contribution is -0.126. The molecule has 27 heavy (non-hydrogen) atoms. The van der Waals surface area contributed by atoms with E-state index < -0.39 is 0 Å². The van der Waals surface area contributed by atoms with Crippen molar-refractivity contribution in [2.24, 2.45) is 5.92 Å². The van der Waals surface area contributed by atoms with E-state index in [0.29, 0.717) is 6.61 Å². The number of hydrogen-bond acceptors (Lipinski definition) is 5. The third-order valence-corrected chi connectivity index (χ3v) is 5.40. The number of nitrogens with one attached hydrogen (secondary N) is 1. The number of likely N-dealkylation sites (tertiary alicyclic amines) is 1. The molecule has 1 aromatic rings. The second-order valence-electron chi connectivity index (χ2n) is 7.38. The quantitative estimate of drug-likeness (QED) is 0.750. The van der Waals surface area contributed by atoms with Gasteiger partial charge in [-0.2, -0.15) is 0 Å². The second kappa shape index (κ2) is 10.6. The number of rotatable bonds is 8. The Labute approximate surface area is 162 Å². The van der Waals surface area contributed by atoms with Crippen LogP contribution in [0.3, 0.4) is 0 Å². The summed E-state index contributed by atoms with van der Waals surface area (Å²) in [5.74, 6) is 1.31. The zero-order chi connectivity index (χ0) is 18.9. The molecule has 0 spiro atoms. The molecular formula is C21H33N3O3. The molecule has 2 aliphatic heterocycles. The van der Waals surface area contributed by atoms with Gasteiger partial charge in [0.2, 0.25) is 5.91 Å². The van der Waals surface area contributed by atoms with Crippen molar-refractivity contribution in [1.82, 2.24) is 15.1 Å². The number of benzene rings is 1. The predicted octanol–water partition coefficient (Wildman–Crippen LogP) is 1.75. The maximum Gasteiger partial charge on any atom is 0.223 e. The lowest BCUT2D eigenvalue weighted by Gasteiger charge is -2.31. The number of carbonyl (C=O) groups excluding carboxylic acids is 1. The van der Waals surface area contributed by atoms with E-state index in [1.807, 2.05) is 13.0 Å². The third-order valence-electron chi connectivity index (χ3n) is 5.40. The smallest absolute Gasteiger partial charge is 0.223 e. The molecular weight excluding hydrogens is 342 g/mol. The molecule has 0 unspecified atom stereocenters. The molecule has 3 rings (SSSR count). The standard InChI is InChI=1S/C21H33N3O3/c1-2-27-20-5-3-4-18(16-20)17-24-9-6-19(7-10-24)21(25)22-8-11-23-12-14-26-15-13-23/h3-5,16,19H,2,6-15,17H2,1H3,(H,22,25). The summed E-state index contributed by atoms with van der Waals surface area (Å²) in [6.07, 6.45) is 1.88. The van der Waals surface area contributed by atoms with Crippen LogP contribution in [0.1, 0.15) is 25.3 Å². The van der Waals surface area contributed by atoms with Gasteiger partial charge in [-0.05, 0) is 50.6 Å². The Bertz CT molecular complexity index is 582. The summed E-state index contributed by atoms with van der Waals surface area (Å²) in [5.41, 5.74) is 1.27. The fourth-order valence-corrected chi connectivity index (χ4v) is 3.82. The van der Waals surface area contributed by atoms with E-state index in [2.05, 4.69) is 33.3 Å². The van der Waals surface area contributed by atoms with Gasteiger partial charge >= 0.3 is 0 Å². The summed E-state index contributed by atoms with van der Waals surface area (Å²) in [6.45, 7) is 10.8. The summed E-state index contributed by atoms with van der Waals surface area (Å²) in [6, 6.07) is 8.32. The number of piperidine rings is 1. The summed E-state index contributed by atoms with van der Waals surface area (Å²) in [5, 5.41) is 3.13. The lowest BCUT2D eigenvalue weighted by Crippen LogP contribution is -2.44. The molecule has 6 nitrogen and oxygen atoms in total. The molecule has 1 N–H and O–H groups in total. The molecule has 2 aliphatic rings. The van der Waals surface area contributed by atoms with Crippen molar-refractivity contribution in [2.45, 2.75) is 26.3 Å². The van der Waals surface area contributed by atoms with Crippen molar-refractivity contribution in [3.05, 3.63) is 29.8 Å². The average molecular weight is 376 g/mol. The van der Waals surface area contributed by atoms with E-state index in [0.717, 1.165) is 77.6 Å². The second-order valence-corrected chi connectivity index (χ2v) is 7.38. The van der Waals surface area contributed by atoms with Crippen molar-refractivity contribution < 1.29 is 14.3 Å². The minimum atomic E-state index is 0.153. The normalized spacial score (nSPS) is 19.7. The highest BCUT2D eigenvalue weighted by Gasteiger charge is 2.25. The van der Waals surface area contributed by atoms with Gasteiger partial charge in [0.25, 0.3) is 0 Å². The molecule has 2 saturated heterocycles. The summed E-state index contributed by atoms with van der Waals surface area (Å²) < 4.78 is 10.9. The van der Waals surface area contributed by atoms with Gasteiger partial charge in [0.1, 0.15) is 5.75 Å². The minimum Gasteiger partial charge on any atom is -0.494 e. The molecule has 150 valence electrons. The Morgan fingerprint density at radius 1 is 1.19 bits per heavy atom. The number of carbonyl (C=O) groups is 1. The first-order chi connectivity index (χ1) is 13.2. The Morgan fingerprint density at radius 3 is 2.70 bits per heavy atom. The van der Waals surface area contributed by atoms with Crippen LogP contribution in [0.25, 0.3) is 0 Å². The third kappa shape index (κ3) is 6.48. The van der Waals surface area contributed by atoms with E-state index in [-0.39, 0.29) is 11.8 Å². The van der Waals surface area contributed by atoms with Gasteiger partial charge in [0, 0.05) is 38.6 Å². The molecule has 0 atom stereocenters. The van der Waals surface area contributed by atoms with Gasteiger partial charge in [-0.1, -0.05) is 12.1 Å². The van der Waals surface area contributed by atoms with E-state index in [9.17, 15) is 4.79 Å². The monoisotopic (exact) mass is 375 g/mol. The molecule has 0 aromatic heterocycles. The molecule has 1 aromatic carbocycles. The zero-order valence-electron chi connectivity index (χ0n) is 16.5. The van der Waals surface area contributed by atoms with Crippen LogP contribution in [0.2, 0.25) is 0 Å². The average Bonchev–Trinajstić information content (AvgIpc) is 2.70. The Hall–Kier alpha value is -1.63. The zero-order valence-corrected chi connectivity index (χ0v) is 16.5. The first-order valence-electron chi connectivity index (χ1n) is 10.3. The number of amides is 1. The van der Waals surface area contributed by atoms with Gasteiger partial charge in [0.05, 0.1) is 19.8 Å². The Morgan fingerprint density at radius 2 is 1.96 bits per heavy atom. The first kappa shape index (κ1) is 20.1. The maximum atomic E-state index is 12.4. The van der Waals surface area contributed by atoms with E-state index >= 15 is 0 Å². The van der Waals surface area contributed by atoms with Crippen LogP contribution in [0.15, 0.2) is 24.3 Å². The first-order valence-corrected chi connectivity index (χ1v) is 10.3. The van der Waals surface area contributed by atoms with Crippen LogP contribution in [0.5, 0.6) is 5.75 Å². The van der Waals surface area contributed by atoms with E-state index in [4.69, 9.17) is 9.47 Å². The van der Waals surface area contributed by atoms with Gasteiger partial charge in [-0.15, -0.1) is 0 Å². The maximum absolute atomic E-state index is 12.4. The van der Waals surface area contributed by atoms with Crippen LogP contribution in [-0.4, -0.2) is 74.8 Å². The van der Waals surface area contributed by atoms with Crippen LogP contribution in [0, 0.1) is 5.92 Å². The van der Waals surface area contributed by atoms with Crippen LogP contribution in [-0.2, 0) is 16.1 Å².